The van der Waals surface area contributed by atoms with Crippen molar-refractivity contribution in [1.29, 1.82) is 0 Å². The highest BCUT2D eigenvalue weighted by Gasteiger charge is 2.38. The molecule has 1 amide bonds. The molecule has 1 fully saturated rings. The molecule has 1 aliphatic rings. The standard InChI is InChI=1S/C17H26N2O.ClH/c1-13-7-9-14(10-8-13)12-19(3)16(20)15-6-4-5-11-17(15,2)18;/h7-10,15H,4-6,11-12,18H2,1-3H3;1H. The fourth-order valence-electron chi connectivity index (χ4n) is 3.08. The maximum atomic E-state index is 12.6. The minimum absolute atomic E-state index is 0. The number of hydrogen-bond acceptors (Lipinski definition) is 2. The average Bonchev–Trinajstić information content (AvgIpc) is 2.40. The molecule has 4 heteroatoms. The molecule has 2 atom stereocenters. The van der Waals surface area contributed by atoms with Crippen molar-refractivity contribution in [2.75, 3.05) is 7.05 Å². The van der Waals surface area contributed by atoms with E-state index in [9.17, 15) is 4.79 Å². The molecule has 118 valence electrons. The molecule has 1 aromatic rings. The fourth-order valence-corrected chi connectivity index (χ4v) is 3.08. The van der Waals surface area contributed by atoms with E-state index in [-0.39, 0.29) is 29.8 Å². The number of hydrogen-bond donors (Lipinski definition) is 1. The average molecular weight is 311 g/mol. The highest BCUT2D eigenvalue weighted by atomic mass is 35.5. The third-order valence-corrected chi connectivity index (χ3v) is 4.47. The summed E-state index contributed by atoms with van der Waals surface area (Å²) < 4.78 is 0. The van der Waals surface area contributed by atoms with Crippen molar-refractivity contribution in [1.82, 2.24) is 4.90 Å². The fraction of sp³-hybridized carbons (Fsp3) is 0.588. The summed E-state index contributed by atoms with van der Waals surface area (Å²) in [6.45, 7) is 4.75. The van der Waals surface area contributed by atoms with Crippen molar-refractivity contribution < 1.29 is 4.79 Å². The van der Waals surface area contributed by atoms with Crippen LogP contribution in [-0.2, 0) is 11.3 Å². The zero-order valence-corrected chi connectivity index (χ0v) is 14.1. The molecule has 3 nitrogen and oxygen atoms in total. The van der Waals surface area contributed by atoms with E-state index in [1.807, 2.05) is 18.9 Å². The summed E-state index contributed by atoms with van der Waals surface area (Å²) in [5, 5.41) is 0. The van der Waals surface area contributed by atoms with Gasteiger partial charge in [-0.1, -0.05) is 42.7 Å². The monoisotopic (exact) mass is 310 g/mol. The first-order chi connectivity index (χ1) is 9.40. The molecule has 1 aliphatic carbocycles. The van der Waals surface area contributed by atoms with Gasteiger partial charge in [0.1, 0.15) is 0 Å². The first-order valence-electron chi connectivity index (χ1n) is 7.49. The molecular formula is C17H27ClN2O. The Balaban J connectivity index is 0.00000220. The molecule has 0 heterocycles. The maximum absolute atomic E-state index is 12.6. The van der Waals surface area contributed by atoms with Crippen molar-refractivity contribution in [3.8, 4) is 0 Å². The van der Waals surface area contributed by atoms with E-state index < -0.39 is 0 Å². The van der Waals surface area contributed by atoms with Gasteiger partial charge in [-0.15, -0.1) is 12.4 Å². The number of nitrogens with two attached hydrogens (primary N) is 1. The molecule has 0 aliphatic heterocycles. The normalized spacial score (nSPS) is 25.0. The summed E-state index contributed by atoms with van der Waals surface area (Å²) in [6, 6.07) is 8.34. The second kappa shape index (κ2) is 7.28. The van der Waals surface area contributed by atoms with Crippen LogP contribution >= 0.6 is 12.4 Å². The lowest BCUT2D eigenvalue weighted by Gasteiger charge is -2.39. The Morgan fingerprint density at radius 2 is 1.95 bits per heavy atom. The van der Waals surface area contributed by atoms with Crippen LogP contribution in [0, 0.1) is 12.8 Å². The van der Waals surface area contributed by atoms with Crippen LogP contribution in [0.25, 0.3) is 0 Å². The van der Waals surface area contributed by atoms with Gasteiger partial charge in [-0.2, -0.15) is 0 Å². The van der Waals surface area contributed by atoms with Gasteiger partial charge in [-0.3, -0.25) is 4.79 Å². The molecule has 0 saturated heterocycles. The minimum Gasteiger partial charge on any atom is -0.341 e. The number of aryl methyl sites for hydroxylation is 1. The van der Waals surface area contributed by atoms with Crippen LogP contribution in [0.1, 0.15) is 43.7 Å². The number of nitrogens with zero attached hydrogens (tertiary/aromatic N) is 1. The predicted molar refractivity (Wildman–Crippen MR) is 89.5 cm³/mol. The van der Waals surface area contributed by atoms with Crippen LogP contribution in [0.4, 0.5) is 0 Å². The first-order valence-corrected chi connectivity index (χ1v) is 7.49. The molecule has 1 aromatic carbocycles. The van der Waals surface area contributed by atoms with Crippen molar-refractivity contribution in [3.05, 3.63) is 35.4 Å². The van der Waals surface area contributed by atoms with E-state index in [2.05, 4.69) is 31.2 Å². The van der Waals surface area contributed by atoms with Crippen molar-refractivity contribution >= 4 is 18.3 Å². The van der Waals surface area contributed by atoms with Crippen LogP contribution in [0.2, 0.25) is 0 Å². The van der Waals surface area contributed by atoms with Gasteiger partial charge < -0.3 is 10.6 Å². The van der Waals surface area contributed by atoms with Crippen LogP contribution in [0.5, 0.6) is 0 Å². The van der Waals surface area contributed by atoms with Crippen LogP contribution in [0.15, 0.2) is 24.3 Å². The van der Waals surface area contributed by atoms with Crippen LogP contribution in [0.3, 0.4) is 0 Å². The second-order valence-electron chi connectivity index (χ2n) is 6.48. The Hall–Kier alpha value is -1.06. The molecule has 1 saturated carbocycles. The number of carbonyl (C=O) groups excluding carboxylic acids is 1. The third kappa shape index (κ3) is 4.45. The summed E-state index contributed by atoms with van der Waals surface area (Å²) in [7, 11) is 1.88. The lowest BCUT2D eigenvalue weighted by molar-refractivity contribution is -0.138. The van der Waals surface area contributed by atoms with Gasteiger partial charge in [0, 0.05) is 19.1 Å². The van der Waals surface area contributed by atoms with E-state index in [0.717, 1.165) is 25.7 Å². The number of halogens is 1. The zero-order chi connectivity index (χ0) is 14.8. The topological polar surface area (TPSA) is 46.3 Å². The van der Waals surface area contributed by atoms with E-state index >= 15 is 0 Å². The summed E-state index contributed by atoms with van der Waals surface area (Å²) >= 11 is 0. The zero-order valence-electron chi connectivity index (χ0n) is 13.3. The lowest BCUT2D eigenvalue weighted by Crippen LogP contribution is -2.53. The molecule has 2 N–H and O–H groups in total. The Morgan fingerprint density at radius 1 is 1.33 bits per heavy atom. The van der Waals surface area contributed by atoms with E-state index in [4.69, 9.17) is 5.73 Å². The first kappa shape index (κ1) is 18.0. The number of benzene rings is 1. The van der Waals surface area contributed by atoms with Crippen molar-refractivity contribution in [3.63, 3.8) is 0 Å². The SMILES string of the molecule is Cc1ccc(CN(C)C(=O)C2CCCCC2(C)N)cc1.Cl. The molecule has 2 rings (SSSR count). The minimum atomic E-state index is -0.350. The highest BCUT2D eigenvalue weighted by molar-refractivity contribution is 5.85. The number of amides is 1. The third-order valence-electron chi connectivity index (χ3n) is 4.47. The Bertz CT molecular complexity index is 470. The molecule has 2 unspecified atom stereocenters. The lowest BCUT2D eigenvalue weighted by atomic mass is 9.74. The molecule has 0 aromatic heterocycles. The van der Waals surface area contributed by atoms with Crippen LogP contribution in [-0.4, -0.2) is 23.4 Å². The van der Waals surface area contributed by atoms with Gasteiger partial charge in [0.2, 0.25) is 5.91 Å². The predicted octanol–water partition coefficient (Wildman–Crippen LogP) is 3.28. The molecule has 21 heavy (non-hydrogen) atoms. The van der Waals surface area contributed by atoms with E-state index in [1.54, 1.807) is 0 Å². The quantitative estimate of drug-likeness (QED) is 0.931. The van der Waals surface area contributed by atoms with Gasteiger partial charge >= 0.3 is 0 Å². The summed E-state index contributed by atoms with van der Waals surface area (Å²) in [4.78, 5) is 14.5. The highest BCUT2D eigenvalue weighted by Crippen LogP contribution is 2.32. The van der Waals surface area contributed by atoms with E-state index in [1.165, 1.54) is 11.1 Å². The van der Waals surface area contributed by atoms with Crippen molar-refractivity contribution in [2.24, 2.45) is 11.7 Å². The summed E-state index contributed by atoms with van der Waals surface area (Å²) in [6.07, 6.45) is 4.12. The molecule has 0 radical (unpaired) electrons. The largest absolute Gasteiger partial charge is 0.341 e. The van der Waals surface area contributed by atoms with Gasteiger partial charge in [0.25, 0.3) is 0 Å². The Labute approximate surface area is 134 Å². The van der Waals surface area contributed by atoms with Crippen molar-refractivity contribution in [2.45, 2.75) is 51.6 Å². The van der Waals surface area contributed by atoms with Gasteiger partial charge in [0.15, 0.2) is 0 Å². The Morgan fingerprint density at radius 3 is 2.52 bits per heavy atom. The number of rotatable bonds is 3. The Kier molecular flexibility index (Phi) is 6.24. The van der Waals surface area contributed by atoms with E-state index in [0.29, 0.717) is 6.54 Å². The summed E-state index contributed by atoms with van der Waals surface area (Å²) in [5.74, 6) is 0.155. The summed E-state index contributed by atoms with van der Waals surface area (Å²) in [5.41, 5.74) is 8.38. The smallest absolute Gasteiger partial charge is 0.227 e. The molecular weight excluding hydrogens is 284 g/mol. The van der Waals surface area contributed by atoms with Gasteiger partial charge in [-0.25, -0.2) is 0 Å². The van der Waals surface area contributed by atoms with Crippen LogP contribution < -0.4 is 5.73 Å². The van der Waals surface area contributed by atoms with Gasteiger partial charge in [-0.05, 0) is 32.3 Å². The molecule has 0 spiro atoms. The maximum Gasteiger partial charge on any atom is 0.227 e. The molecule has 0 bridgehead atoms. The second-order valence-corrected chi connectivity index (χ2v) is 6.48. The number of carbonyl (C=O) groups is 1. The van der Waals surface area contributed by atoms with Gasteiger partial charge in [0.05, 0.1) is 5.92 Å².